The molecule has 0 radical (unpaired) electrons. The average Bonchev–Trinajstić information content (AvgIpc) is 3.11. The Balaban J connectivity index is 1.51. The molecule has 2 heterocycles. The van der Waals surface area contributed by atoms with E-state index < -0.39 is 6.04 Å². The number of benzene rings is 1. The van der Waals surface area contributed by atoms with Gasteiger partial charge in [-0.05, 0) is 24.5 Å². The summed E-state index contributed by atoms with van der Waals surface area (Å²) >= 11 is 0. The highest BCUT2D eigenvalue weighted by molar-refractivity contribution is 5.88. The molecule has 1 aliphatic heterocycles. The van der Waals surface area contributed by atoms with Crippen LogP contribution < -0.4 is 5.32 Å². The predicted molar refractivity (Wildman–Crippen MR) is 89.9 cm³/mol. The summed E-state index contributed by atoms with van der Waals surface area (Å²) in [6.07, 6.45) is 5.44. The van der Waals surface area contributed by atoms with E-state index in [1.165, 1.54) is 0 Å². The largest absolute Gasteiger partial charge is 0.344 e. The second kappa shape index (κ2) is 7.77. The van der Waals surface area contributed by atoms with Crippen LogP contribution in [0.3, 0.4) is 0 Å². The highest BCUT2D eigenvalue weighted by Gasteiger charge is 2.29. The maximum atomic E-state index is 12.6. The van der Waals surface area contributed by atoms with Gasteiger partial charge in [0, 0.05) is 38.4 Å². The molecule has 6 heteroatoms. The van der Waals surface area contributed by atoms with Crippen molar-refractivity contribution in [1.29, 1.82) is 0 Å². The van der Waals surface area contributed by atoms with Gasteiger partial charge in [0.25, 0.3) is 0 Å². The summed E-state index contributed by atoms with van der Waals surface area (Å²) in [5.74, 6) is -0.0945. The van der Waals surface area contributed by atoms with Gasteiger partial charge in [0.05, 0.1) is 0 Å². The third kappa shape index (κ3) is 4.22. The van der Waals surface area contributed by atoms with Gasteiger partial charge in [-0.1, -0.05) is 30.3 Å². The molecule has 3 rings (SSSR count). The van der Waals surface area contributed by atoms with Crippen molar-refractivity contribution in [3.05, 3.63) is 54.4 Å². The zero-order chi connectivity index (χ0) is 16.8. The van der Waals surface area contributed by atoms with Crippen molar-refractivity contribution in [3.8, 4) is 0 Å². The highest BCUT2D eigenvalue weighted by atomic mass is 16.2. The lowest BCUT2D eigenvalue weighted by Crippen LogP contribution is -2.52. The van der Waals surface area contributed by atoms with E-state index in [2.05, 4.69) is 10.4 Å². The van der Waals surface area contributed by atoms with Crippen LogP contribution in [-0.4, -0.2) is 39.1 Å². The standard InChI is InChI=1S/C18H22N4O2/c23-17(9-13-22-12-5-10-19-22)20-16-8-4-11-21(18(16)24)14-15-6-2-1-3-7-15/h1-3,5-7,10,12,16H,4,8-9,11,13-14H2,(H,20,23)/t16-/m1/s1. The SMILES string of the molecule is O=C(CCn1cccn1)N[C@@H]1CCCN(Cc2ccccc2)C1=O. The summed E-state index contributed by atoms with van der Waals surface area (Å²) in [6, 6.07) is 11.3. The van der Waals surface area contributed by atoms with Crippen molar-refractivity contribution in [2.75, 3.05) is 6.54 Å². The highest BCUT2D eigenvalue weighted by Crippen LogP contribution is 2.15. The molecule has 2 aromatic rings. The summed E-state index contributed by atoms with van der Waals surface area (Å²) in [7, 11) is 0. The minimum atomic E-state index is -0.410. The van der Waals surface area contributed by atoms with Crippen LogP contribution in [0.25, 0.3) is 0 Å². The first-order valence-corrected chi connectivity index (χ1v) is 8.32. The van der Waals surface area contributed by atoms with Gasteiger partial charge in [-0.2, -0.15) is 5.10 Å². The monoisotopic (exact) mass is 326 g/mol. The fourth-order valence-corrected chi connectivity index (χ4v) is 2.95. The Morgan fingerprint density at radius 1 is 1.25 bits per heavy atom. The van der Waals surface area contributed by atoms with Crippen LogP contribution in [0.15, 0.2) is 48.8 Å². The van der Waals surface area contributed by atoms with Gasteiger partial charge in [0.1, 0.15) is 6.04 Å². The fraction of sp³-hybridized carbons (Fsp3) is 0.389. The molecule has 126 valence electrons. The van der Waals surface area contributed by atoms with Gasteiger partial charge in [-0.25, -0.2) is 0 Å². The molecular weight excluding hydrogens is 304 g/mol. The summed E-state index contributed by atoms with van der Waals surface area (Å²) in [4.78, 5) is 26.5. The first-order valence-electron chi connectivity index (χ1n) is 8.32. The molecule has 0 aliphatic carbocycles. The molecule has 1 fully saturated rings. The molecule has 6 nitrogen and oxygen atoms in total. The summed E-state index contributed by atoms with van der Waals surface area (Å²) in [6.45, 7) is 1.86. The van der Waals surface area contributed by atoms with Gasteiger partial charge in [-0.3, -0.25) is 14.3 Å². The number of hydrogen-bond acceptors (Lipinski definition) is 3. The molecule has 1 aromatic carbocycles. The van der Waals surface area contributed by atoms with Crippen molar-refractivity contribution in [1.82, 2.24) is 20.0 Å². The van der Waals surface area contributed by atoms with Crippen molar-refractivity contribution >= 4 is 11.8 Å². The van der Waals surface area contributed by atoms with E-state index in [0.717, 1.165) is 18.5 Å². The van der Waals surface area contributed by atoms with Crippen LogP contribution in [-0.2, 0) is 22.7 Å². The van der Waals surface area contributed by atoms with Crippen LogP contribution in [0.2, 0.25) is 0 Å². The number of carbonyl (C=O) groups is 2. The molecule has 24 heavy (non-hydrogen) atoms. The normalized spacial score (nSPS) is 17.8. The number of rotatable bonds is 6. The lowest BCUT2D eigenvalue weighted by Gasteiger charge is -2.32. The van der Waals surface area contributed by atoms with Crippen molar-refractivity contribution < 1.29 is 9.59 Å². The van der Waals surface area contributed by atoms with Gasteiger partial charge in [0.2, 0.25) is 11.8 Å². The number of nitrogens with zero attached hydrogens (tertiary/aromatic N) is 3. The van der Waals surface area contributed by atoms with Crippen LogP contribution >= 0.6 is 0 Å². The second-order valence-corrected chi connectivity index (χ2v) is 6.03. The van der Waals surface area contributed by atoms with E-state index in [1.54, 1.807) is 10.9 Å². The van der Waals surface area contributed by atoms with E-state index >= 15 is 0 Å². The first kappa shape index (κ1) is 16.2. The van der Waals surface area contributed by atoms with Crippen molar-refractivity contribution in [2.45, 2.75) is 38.4 Å². The Morgan fingerprint density at radius 2 is 2.08 bits per heavy atom. The predicted octanol–water partition coefficient (Wildman–Crippen LogP) is 1.58. The van der Waals surface area contributed by atoms with Gasteiger partial charge >= 0.3 is 0 Å². The smallest absolute Gasteiger partial charge is 0.245 e. The molecule has 0 bridgehead atoms. The van der Waals surface area contributed by atoms with Crippen molar-refractivity contribution in [3.63, 3.8) is 0 Å². The van der Waals surface area contributed by atoms with Crippen LogP contribution in [0.4, 0.5) is 0 Å². The number of amides is 2. The van der Waals surface area contributed by atoms with Gasteiger partial charge < -0.3 is 10.2 Å². The Morgan fingerprint density at radius 3 is 2.83 bits per heavy atom. The van der Waals surface area contributed by atoms with Crippen LogP contribution in [0.5, 0.6) is 0 Å². The van der Waals surface area contributed by atoms with Gasteiger partial charge in [0.15, 0.2) is 0 Å². The summed E-state index contributed by atoms with van der Waals surface area (Å²) in [5, 5.41) is 6.95. The van der Waals surface area contributed by atoms with E-state index in [9.17, 15) is 9.59 Å². The number of aromatic nitrogens is 2. The lowest BCUT2D eigenvalue weighted by molar-refractivity contribution is -0.139. The minimum Gasteiger partial charge on any atom is -0.344 e. The van der Waals surface area contributed by atoms with E-state index in [-0.39, 0.29) is 11.8 Å². The van der Waals surface area contributed by atoms with Gasteiger partial charge in [-0.15, -0.1) is 0 Å². The molecule has 0 saturated carbocycles. The number of nitrogens with one attached hydrogen (secondary N) is 1. The van der Waals surface area contributed by atoms with E-state index in [1.807, 2.05) is 47.5 Å². The quantitative estimate of drug-likeness (QED) is 0.876. The zero-order valence-electron chi connectivity index (χ0n) is 13.6. The fourth-order valence-electron chi connectivity index (χ4n) is 2.95. The molecular formula is C18H22N4O2. The maximum absolute atomic E-state index is 12.6. The Hall–Kier alpha value is -2.63. The lowest BCUT2D eigenvalue weighted by atomic mass is 10.0. The third-order valence-electron chi connectivity index (χ3n) is 4.21. The Bertz CT molecular complexity index is 670. The Kier molecular flexibility index (Phi) is 5.25. The third-order valence-corrected chi connectivity index (χ3v) is 4.21. The molecule has 1 aliphatic rings. The number of aryl methyl sites for hydroxylation is 1. The number of piperidine rings is 1. The first-order chi connectivity index (χ1) is 11.7. The second-order valence-electron chi connectivity index (χ2n) is 6.03. The van der Waals surface area contributed by atoms with Crippen LogP contribution in [0.1, 0.15) is 24.8 Å². The van der Waals surface area contributed by atoms with E-state index in [4.69, 9.17) is 0 Å². The molecule has 1 saturated heterocycles. The molecule has 1 atom stereocenters. The zero-order valence-corrected chi connectivity index (χ0v) is 13.6. The maximum Gasteiger partial charge on any atom is 0.245 e. The topological polar surface area (TPSA) is 67.2 Å². The molecule has 0 unspecified atom stereocenters. The number of hydrogen-bond donors (Lipinski definition) is 1. The number of likely N-dealkylation sites (tertiary alicyclic amines) is 1. The van der Waals surface area contributed by atoms with Crippen LogP contribution in [0, 0.1) is 0 Å². The molecule has 1 aromatic heterocycles. The van der Waals surface area contributed by atoms with Crippen molar-refractivity contribution in [2.24, 2.45) is 0 Å². The summed E-state index contributed by atoms with van der Waals surface area (Å²) < 4.78 is 1.71. The molecule has 0 spiro atoms. The van der Waals surface area contributed by atoms with E-state index in [0.29, 0.717) is 25.9 Å². The summed E-state index contributed by atoms with van der Waals surface area (Å²) in [5.41, 5.74) is 1.11. The molecule has 1 N–H and O–H groups in total. The average molecular weight is 326 g/mol. The Labute approximate surface area is 141 Å². The minimum absolute atomic E-state index is 0.0116. The molecule has 2 amide bonds. The number of carbonyl (C=O) groups excluding carboxylic acids is 2.